The van der Waals surface area contributed by atoms with E-state index in [1.54, 1.807) is 18.3 Å². The highest BCUT2D eigenvalue weighted by atomic mass is 16.2. The predicted octanol–water partition coefficient (Wildman–Crippen LogP) is 5.22. The van der Waals surface area contributed by atoms with Crippen molar-refractivity contribution in [2.45, 2.75) is 65.7 Å². The Morgan fingerprint density at radius 3 is 2.31 bits per heavy atom. The Morgan fingerprint density at radius 1 is 0.980 bits per heavy atom. The number of carbonyl (C=O) groups is 3. The maximum Gasteiger partial charge on any atom is 0.269 e. The van der Waals surface area contributed by atoms with Crippen molar-refractivity contribution in [3.8, 4) is 22.5 Å². The zero-order valence-corrected chi connectivity index (χ0v) is 30.0. The number of amides is 2. The molecule has 12 nitrogen and oxygen atoms in total. The van der Waals surface area contributed by atoms with Gasteiger partial charge in [-0.2, -0.15) is 5.21 Å². The van der Waals surface area contributed by atoms with Crippen LogP contribution in [0.25, 0.3) is 22.5 Å². The van der Waals surface area contributed by atoms with Crippen LogP contribution in [0.5, 0.6) is 0 Å². The van der Waals surface area contributed by atoms with Crippen LogP contribution in [0.2, 0.25) is 0 Å². The highest BCUT2D eigenvalue weighted by Gasteiger charge is 2.30. The number of pyridine rings is 1. The lowest BCUT2D eigenvalue weighted by Crippen LogP contribution is -2.31. The number of anilines is 1. The molecule has 1 aliphatic rings. The van der Waals surface area contributed by atoms with Crippen LogP contribution in [0, 0.1) is 24.7 Å². The number of aryl methyl sites for hydroxylation is 1. The van der Waals surface area contributed by atoms with Crippen LogP contribution in [0.3, 0.4) is 0 Å². The summed E-state index contributed by atoms with van der Waals surface area (Å²) < 4.78 is 0. The minimum atomic E-state index is -0.541. The number of benzene rings is 2. The first-order valence-corrected chi connectivity index (χ1v) is 18.2. The average Bonchev–Trinajstić information content (AvgIpc) is 3.70. The second kappa shape index (κ2) is 18.4. The Labute approximate surface area is 300 Å². The fourth-order valence-electron chi connectivity index (χ4n) is 6.84. The van der Waals surface area contributed by atoms with Crippen LogP contribution in [0.1, 0.15) is 74.0 Å². The third-order valence-corrected chi connectivity index (χ3v) is 10.1. The lowest BCUT2D eigenvalue weighted by Gasteiger charge is -2.27. The summed E-state index contributed by atoms with van der Waals surface area (Å²) in [4.78, 5) is 46.8. The summed E-state index contributed by atoms with van der Waals surface area (Å²) in [6.07, 6.45) is 6.78. The van der Waals surface area contributed by atoms with Gasteiger partial charge in [0.15, 0.2) is 0 Å². The van der Waals surface area contributed by atoms with E-state index in [0.717, 1.165) is 79.6 Å². The van der Waals surface area contributed by atoms with E-state index < -0.39 is 5.92 Å². The van der Waals surface area contributed by atoms with Crippen LogP contribution < -0.4 is 16.4 Å². The van der Waals surface area contributed by atoms with E-state index >= 15 is 0 Å². The highest BCUT2D eigenvalue weighted by molar-refractivity contribution is 5.96. The van der Waals surface area contributed by atoms with Gasteiger partial charge in [-0.3, -0.25) is 19.4 Å². The molecule has 1 fully saturated rings. The normalized spacial score (nSPS) is 16.5. The predicted molar refractivity (Wildman–Crippen MR) is 199 cm³/mol. The molecule has 0 radical (unpaired) electrons. The Hall–Kier alpha value is -4.81. The molecular formula is C39H51N9O3. The van der Waals surface area contributed by atoms with Crippen LogP contribution >= 0.6 is 0 Å². The largest absolute Gasteiger partial charge is 0.351 e. The third-order valence-electron chi connectivity index (χ3n) is 10.1. The smallest absolute Gasteiger partial charge is 0.269 e. The summed E-state index contributed by atoms with van der Waals surface area (Å²) in [7, 11) is 0. The number of aromatic amines is 1. The van der Waals surface area contributed by atoms with Crippen molar-refractivity contribution in [2.75, 3.05) is 38.0 Å². The lowest BCUT2D eigenvalue weighted by molar-refractivity contribution is -0.129. The number of nitrogens with two attached hydrogens (primary N) is 1. The van der Waals surface area contributed by atoms with Gasteiger partial charge >= 0.3 is 0 Å². The zero-order chi connectivity index (χ0) is 36.2. The molecular weight excluding hydrogens is 642 g/mol. The Morgan fingerprint density at radius 2 is 1.69 bits per heavy atom. The number of ketones is 1. The van der Waals surface area contributed by atoms with Crippen LogP contribution in [0.15, 0.2) is 60.8 Å². The standard InChI is InChI=1S/C39H51N9O3/c1-4-48(5-2)20-6-19-41-39(51)35-21-26(3)34(25-42-35)29-11-7-27(8-12-29)22-32(23-36(49)30-13-9-28(24-40)10-14-30)38(50)43-33-17-15-31(16-18-33)37-44-46-47-45-37/h7-8,11-12,15-18,21,25,28,30,32H,4-6,9-10,13-14,19-20,22-24,40H2,1-3H3,(H,41,51)(H,43,50)(H,44,45,46,47)/t28?,30?,32-/m1/s1. The number of nitrogens with one attached hydrogen (secondary N) is 3. The quantitative estimate of drug-likeness (QED) is 0.108. The number of rotatable bonds is 17. The van der Waals surface area contributed by atoms with Gasteiger partial charge in [0.2, 0.25) is 11.7 Å². The summed E-state index contributed by atoms with van der Waals surface area (Å²) in [6, 6.07) is 17.1. The Bertz CT molecular complexity index is 1710. The van der Waals surface area contributed by atoms with Crippen molar-refractivity contribution in [1.29, 1.82) is 0 Å². The zero-order valence-electron chi connectivity index (χ0n) is 30.0. The van der Waals surface area contributed by atoms with Crippen molar-refractivity contribution in [1.82, 2.24) is 35.8 Å². The number of tetrazole rings is 1. The molecule has 1 atom stereocenters. The number of hydrogen-bond donors (Lipinski definition) is 4. The van der Waals surface area contributed by atoms with Gasteiger partial charge in [0.05, 0.1) is 0 Å². The van der Waals surface area contributed by atoms with Gasteiger partial charge in [-0.1, -0.05) is 38.1 Å². The van der Waals surface area contributed by atoms with Gasteiger partial charge in [-0.15, -0.1) is 10.2 Å². The van der Waals surface area contributed by atoms with E-state index in [9.17, 15) is 14.4 Å². The minimum absolute atomic E-state index is 0.0345. The molecule has 270 valence electrons. The van der Waals surface area contributed by atoms with Gasteiger partial charge in [0.25, 0.3) is 5.91 Å². The second-order valence-corrected chi connectivity index (χ2v) is 13.5. The van der Waals surface area contributed by atoms with E-state index in [2.05, 4.69) is 55.0 Å². The fourth-order valence-corrected chi connectivity index (χ4v) is 6.84. The second-order valence-electron chi connectivity index (χ2n) is 13.5. The first-order chi connectivity index (χ1) is 24.8. The van der Waals surface area contributed by atoms with E-state index in [0.29, 0.717) is 42.6 Å². The first kappa shape index (κ1) is 37.4. The SMILES string of the molecule is CCN(CC)CCCNC(=O)c1cc(C)c(-c2ccc(C[C@H](CC(=O)C3CCC(CN)CC3)C(=O)Nc3ccc(-c4nn[nH]n4)cc3)cc2)cn1. The number of hydrogen-bond acceptors (Lipinski definition) is 9. The summed E-state index contributed by atoms with van der Waals surface area (Å²) in [5.74, 6) is 0.138. The van der Waals surface area contributed by atoms with E-state index in [4.69, 9.17) is 5.73 Å². The molecule has 0 spiro atoms. The molecule has 2 heterocycles. The average molecular weight is 694 g/mol. The molecule has 2 amide bonds. The molecule has 4 aromatic rings. The molecule has 2 aromatic heterocycles. The molecule has 0 aliphatic heterocycles. The van der Waals surface area contributed by atoms with Crippen molar-refractivity contribution >= 4 is 23.3 Å². The molecule has 12 heteroatoms. The van der Waals surface area contributed by atoms with Crippen molar-refractivity contribution < 1.29 is 14.4 Å². The third kappa shape index (κ3) is 10.4. The molecule has 1 aliphatic carbocycles. The molecule has 5 rings (SSSR count). The van der Waals surface area contributed by atoms with Crippen molar-refractivity contribution in [3.63, 3.8) is 0 Å². The van der Waals surface area contributed by atoms with E-state index in [-0.39, 0.29) is 29.9 Å². The Kier molecular flexibility index (Phi) is 13.5. The number of carbonyl (C=O) groups excluding carboxylic acids is 3. The number of Topliss-reactive ketones (excluding diaryl/α,β-unsaturated/α-hetero) is 1. The molecule has 1 saturated carbocycles. The number of H-pyrrole nitrogens is 1. The summed E-state index contributed by atoms with van der Waals surface area (Å²) in [6.45, 7) is 10.5. The number of nitrogens with zero attached hydrogens (tertiary/aromatic N) is 5. The fraction of sp³-hybridized carbons (Fsp3) is 0.462. The van der Waals surface area contributed by atoms with E-state index in [1.165, 1.54) is 0 Å². The first-order valence-electron chi connectivity index (χ1n) is 18.2. The molecule has 0 bridgehead atoms. The maximum atomic E-state index is 13.7. The molecule has 0 unspecified atom stereocenters. The summed E-state index contributed by atoms with van der Waals surface area (Å²) >= 11 is 0. The highest BCUT2D eigenvalue weighted by Crippen LogP contribution is 2.31. The summed E-state index contributed by atoms with van der Waals surface area (Å²) in [5, 5.41) is 20.1. The van der Waals surface area contributed by atoms with Gasteiger partial charge < -0.3 is 21.3 Å². The van der Waals surface area contributed by atoms with Gasteiger partial charge in [-0.25, -0.2) is 0 Å². The lowest BCUT2D eigenvalue weighted by atomic mass is 9.77. The molecule has 0 saturated heterocycles. The van der Waals surface area contributed by atoms with Gasteiger partial charge in [0, 0.05) is 47.8 Å². The van der Waals surface area contributed by atoms with Crippen LogP contribution in [0.4, 0.5) is 5.69 Å². The topological polar surface area (TPSA) is 172 Å². The van der Waals surface area contributed by atoms with Crippen molar-refractivity contribution in [3.05, 3.63) is 77.6 Å². The van der Waals surface area contributed by atoms with Crippen LogP contribution in [-0.4, -0.2) is 80.8 Å². The summed E-state index contributed by atoms with van der Waals surface area (Å²) in [5.41, 5.74) is 11.5. The van der Waals surface area contributed by atoms with Gasteiger partial charge in [0.1, 0.15) is 11.5 Å². The molecule has 5 N–H and O–H groups in total. The number of aromatic nitrogens is 5. The van der Waals surface area contributed by atoms with Gasteiger partial charge in [-0.05, 0) is 130 Å². The minimum Gasteiger partial charge on any atom is -0.351 e. The maximum absolute atomic E-state index is 13.7. The monoisotopic (exact) mass is 693 g/mol. The molecule has 2 aromatic carbocycles. The Balaban J connectivity index is 1.24. The van der Waals surface area contributed by atoms with Crippen LogP contribution in [-0.2, 0) is 16.0 Å². The van der Waals surface area contributed by atoms with E-state index in [1.807, 2.05) is 49.4 Å². The van der Waals surface area contributed by atoms with Crippen molar-refractivity contribution in [2.24, 2.45) is 23.5 Å². The molecule has 51 heavy (non-hydrogen) atoms.